The highest BCUT2D eigenvalue weighted by atomic mass is 35.5. The molecule has 26 heavy (non-hydrogen) atoms. The molecular weight excluding hydrogens is 348 g/mol. The highest BCUT2D eigenvalue weighted by Gasteiger charge is 2.30. The fraction of sp³-hybridized carbons (Fsp3) is 0.429. The molecule has 5 heteroatoms. The largest absolute Gasteiger partial charge is 0.473 e. The summed E-state index contributed by atoms with van der Waals surface area (Å²) < 4.78 is 5.87. The van der Waals surface area contributed by atoms with E-state index in [2.05, 4.69) is 16.4 Å². The molecular formula is C21H23ClN2O2. The first-order valence-corrected chi connectivity index (χ1v) is 9.71. The zero-order valence-electron chi connectivity index (χ0n) is 14.7. The summed E-state index contributed by atoms with van der Waals surface area (Å²) in [6.07, 6.45) is 4.22. The Morgan fingerprint density at radius 2 is 1.96 bits per heavy atom. The maximum Gasteiger partial charge on any atom is 0.213 e. The Balaban J connectivity index is 1.41. The van der Waals surface area contributed by atoms with Crippen molar-refractivity contribution < 1.29 is 9.53 Å². The first-order chi connectivity index (χ1) is 12.7. The van der Waals surface area contributed by atoms with E-state index in [0.29, 0.717) is 29.0 Å². The number of halogens is 1. The van der Waals surface area contributed by atoms with Gasteiger partial charge in [0.2, 0.25) is 5.88 Å². The van der Waals surface area contributed by atoms with Gasteiger partial charge in [-0.05, 0) is 50.9 Å². The quantitative estimate of drug-likeness (QED) is 0.767. The van der Waals surface area contributed by atoms with E-state index in [1.54, 1.807) is 6.07 Å². The average molecular weight is 371 g/mol. The van der Waals surface area contributed by atoms with Crippen molar-refractivity contribution in [3.63, 3.8) is 0 Å². The summed E-state index contributed by atoms with van der Waals surface area (Å²) in [5.74, 6) is 1.53. The van der Waals surface area contributed by atoms with E-state index in [9.17, 15) is 4.79 Å². The Bertz CT molecular complexity index is 798. The Morgan fingerprint density at radius 3 is 2.69 bits per heavy atom. The molecule has 4 nitrogen and oxygen atoms in total. The van der Waals surface area contributed by atoms with Crippen LogP contribution in [-0.2, 0) is 6.61 Å². The second-order valence-electron chi connectivity index (χ2n) is 7.16. The number of hydrogen-bond donors (Lipinski definition) is 1. The molecule has 0 atom stereocenters. The van der Waals surface area contributed by atoms with Gasteiger partial charge in [-0.1, -0.05) is 29.8 Å². The fourth-order valence-corrected chi connectivity index (χ4v) is 3.64. The third-order valence-corrected chi connectivity index (χ3v) is 5.52. The second kappa shape index (κ2) is 7.77. The number of nitrogens with zero attached hydrogens (tertiary/aromatic N) is 1. The summed E-state index contributed by atoms with van der Waals surface area (Å²) in [6.45, 7) is 2.43. The van der Waals surface area contributed by atoms with Crippen LogP contribution in [0.3, 0.4) is 0 Å². The van der Waals surface area contributed by atoms with Crippen molar-refractivity contribution in [3.8, 4) is 5.88 Å². The van der Waals surface area contributed by atoms with Crippen LogP contribution in [0.1, 0.15) is 53.2 Å². The molecule has 0 bridgehead atoms. The molecule has 136 valence electrons. The normalized spacial score (nSPS) is 17.9. The molecule has 1 aliphatic carbocycles. The molecule has 1 saturated heterocycles. The van der Waals surface area contributed by atoms with E-state index in [4.69, 9.17) is 16.3 Å². The minimum Gasteiger partial charge on any atom is -0.473 e. The molecule has 0 amide bonds. The predicted molar refractivity (Wildman–Crippen MR) is 102 cm³/mol. The number of ketones is 1. The third kappa shape index (κ3) is 4.08. The van der Waals surface area contributed by atoms with Gasteiger partial charge in [0.05, 0.1) is 0 Å². The first-order valence-electron chi connectivity index (χ1n) is 9.34. The Morgan fingerprint density at radius 1 is 1.15 bits per heavy atom. The number of piperidine rings is 1. The maximum absolute atomic E-state index is 12.1. The van der Waals surface area contributed by atoms with Gasteiger partial charge >= 0.3 is 0 Å². The van der Waals surface area contributed by atoms with Gasteiger partial charge in [-0.15, -0.1) is 0 Å². The molecule has 2 fully saturated rings. The van der Waals surface area contributed by atoms with E-state index in [-0.39, 0.29) is 11.7 Å². The van der Waals surface area contributed by atoms with Crippen LogP contribution in [-0.4, -0.2) is 23.9 Å². The lowest BCUT2D eigenvalue weighted by molar-refractivity contribution is 0.0967. The molecule has 0 radical (unpaired) electrons. The van der Waals surface area contributed by atoms with Crippen molar-refractivity contribution in [1.29, 1.82) is 0 Å². The number of carbonyl (C=O) groups excluding carboxylic acids is 1. The molecule has 1 aliphatic heterocycles. The van der Waals surface area contributed by atoms with Crippen LogP contribution in [0.2, 0.25) is 5.02 Å². The van der Waals surface area contributed by atoms with E-state index in [0.717, 1.165) is 50.0 Å². The molecule has 0 spiro atoms. The second-order valence-corrected chi connectivity index (χ2v) is 7.57. The number of hydrogen-bond acceptors (Lipinski definition) is 4. The van der Waals surface area contributed by atoms with Crippen molar-refractivity contribution in [2.75, 3.05) is 13.1 Å². The zero-order chi connectivity index (χ0) is 17.9. The van der Waals surface area contributed by atoms with E-state index in [1.165, 1.54) is 0 Å². The van der Waals surface area contributed by atoms with E-state index >= 15 is 0 Å². The lowest BCUT2D eigenvalue weighted by Gasteiger charge is -2.22. The summed E-state index contributed by atoms with van der Waals surface area (Å²) >= 11 is 6.36. The van der Waals surface area contributed by atoms with E-state index < -0.39 is 0 Å². The minimum atomic E-state index is 0.204. The SMILES string of the molecule is O=C(c1ccc(COc2cccc(C3CCNCC3)n2)c(Cl)c1)C1CC1. The number of nitrogens with one attached hydrogen (secondary N) is 1. The van der Waals surface area contributed by atoms with Crippen molar-refractivity contribution in [2.24, 2.45) is 5.92 Å². The summed E-state index contributed by atoms with van der Waals surface area (Å²) in [7, 11) is 0. The molecule has 4 rings (SSSR count). The van der Waals surface area contributed by atoms with Gasteiger partial charge in [-0.2, -0.15) is 0 Å². The number of pyridine rings is 1. The molecule has 1 N–H and O–H groups in total. The van der Waals surface area contributed by atoms with Crippen LogP contribution >= 0.6 is 11.6 Å². The van der Waals surface area contributed by atoms with Crippen LogP contribution in [0.15, 0.2) is 36.4 Å². The molecule has 0 unspecified atom stereocenters. The number of rotatable bonds is 6. The van der Waals surface area contributed by atoms with Gasteiger partial charge < -0.3 is 10.1 Å². The van der Waals surface area contributed by atoms with Crippen LogP contribution in [0.5, 0.6) is 5.88 Å². The first kappa shape index (κ1) is 17.5. The van der Waals surface area contributed by atoms with Crippen LogP contribution in [0, 0.1) is 5.92 Å². The average Bonchev–Trinajstić information content (AvgIpc) is 3.53. The van der Waals surface area contributed by atoms with Crippen LogP contribution in [0.25, 0.3) is 0 Å². The fourth-order valence-electron chi connectivity index (χ4n) is 3.41. The van der Waals surface area contributed by atoms with E-state index in [1.807, 2.05) is 24.3 Å². The highest BCUT2D eigenvalue weighted by molar-refractivity contribution is 6.31. The van der Waals surface area contributed by atoms with Gasteiger partial charge in [0, 0.05) is 39.7 Å². The minimum absolute atomic E-state index is 0.204. The molecule has 1 saturated carbocycles. The Labute approximate surface area is 158 Å². The summed E-state index contributed by atoms with van der Waals surface area (Å²) in [5, 5.41) is 3.95. The zero-order valence-corrected chi connectivity index (χ0v) is 15.5. The van der Waals surface area contributed by atoms with Crippen LogP contribution < -0.4 is 10.1 Å². The number of benzene rings is 1. The smallest absolute Gasteiger partial charge is 0.213 e. The van der Waals surface area contributed by atoms with Crippen molar-refractivity contribution >= 4 is 17.4 Å². The maximum atomic E-state index is 12.1. The number of Topliss-reactive ketones (excluding diaryl/α,β-unsaturated/α-hetero) is 1. The Hall–Kier alpha value is -1.91. The molecule has 1 aromatic heterocycles. The summed E-state index contributed by atoms with van der Waals surface area (Å²) in [5.41, 5.74) is 2.67. The number of carbonyl (C=O) groups is 1. The van der Waals surface area contributed by atoms with Gasteiger partial charge in [0.25, 0.3) is 0 Å². The lowest BCUT2D eigenvalue weighted by atomic mass is 9.94. The van der Waals surface area contributed by atoms with Gasteiger partial charge in [0.1, 0.15) is 6.61 Å². The molecule has 2 heterocycles. The summed E-state index contributed by atoms with van der Waals surface area (Å²) in [6, 6.07) is 11.5. The summed E-state index contributed by atoms with van der Waals surface area (Å²) in [4.78, 5) is 16.8. The van der Waals surface area contributed by atoms with Gasteiger partial charge in [-0.3, -0.25) is 4.79 Å². The van der Waals surface area contributed by atoms with Crippen LogP contribution in [0.4, 0.5) is 0 Å². The van der Waals surface area contributed by atoms with Gasteiger partial charge in [-0.25, -0.2) is 4.98 Å². The standard InChI is InChI=1S/C21H23ClN2O2/c22-18-12-16(21(25)15-4-5-15)6-7-17(18)13-26-20-3-1-2-19(24-20)14-8-10-23-11-9-14/h1-3,6-7,12,14-15,23H,4-5,8-11,13H2. The van der Waals surface area contributed by atoms with Crippen molar-refractivity contribution in [1.82, 2.24) is 10.3 Å². The monoisotopic (exact) mass is 370 g/mol. The predicted octanol–water partition coefficient (Wildman–Crippen LogP) is 4.37. The lowest BCUT2D eigenvalue weighted by Crippen LogP contribution is -2.27. The third-order valence-electron chi connectivity index (χ3n) is 5.16. The van der Waals surface area contributed by atoms with Crippen molar-refractivity contribution in [3.05, 3.63) is 58.2 Å². The molecule has 2 aromatic rings. The highest BCUT2D eigenvalue weighted by Crippen LogP contribution is 2.33. The molecule has 2 aliphatic rings. The number of ether oxygens (including phenoxy) is 1. The topological polar surface area (TPSA) is 51.2 Å². The Kier molecular flexibility index (Phi) is 5.23. The number of aromatic nitrogens is 1. The van der Waals surface area contributed by atoms with Crippen molar-refractivity contribution in [2.45, 2.75) is 38.2 Å². The molecule has 1 aromatic carbocycles. The van der Waals surface area contributed by atoms with Gasteiger partial charge in [0.15, 0.2) is 5.78 Å².